The first-order chi connectivity index (χ1) is 14.2. The number of amides is 1. The molecule has 29 heavy (non-hydrogen) atoms. The lowest BCUT2D eigenvalue weighted by atomic mass is 10.1. The first-order valence-electron chi connectivity index (χ1n) is 9.86. The number of aliphatic hydroxyl groups excluding tert-OH is 1. The van der Waals surface area contributed by atoms with Crippen molar-refractivity contribution < 1.29 is 19.4 Å². The van der Waals surface area contributed by atoms with Crippen molar-refractivity contribution >= 4 is 23.4 Å². The number of carbonyl (C=O) groups excluding carboxylic acids is 1. The summed E-state index contributed by atoms with van der Waals surface area (Å²) in [6.07, 6.45) is -1.12. The average Bonchev–Trinajstić information content (AvgIpc) is 2.88. The standard InChI is InChI=1S/C22H26N2O4S/c1-27-17-8-6-16(7-9-17)21-20(25)22(26)24(11-10-23-12-14-28-15-13-23)18-4-2-3-5-19(18)29-21/h2-9,20-21,25H,10-15H2,1H3/t20-,21+/m1/s1. The number of ether oxygens (including phenoxy) is 2. The van der Waals surface area contributed by atoms with Gasteiger partial charge in [-0.2, -0.15) is 0 Å². The van der Waals surface area contributed by atoms with E-state index in [-0.39, 0.29) is 11.2 Å². The average molecular weight is 415 g/mol. The quantitative estimate of drug-likeness (QED) is 0.812. The molecule has 1 fully saturated rings. The zero-order valence-electron chi connectivity index (χ0n) is 16.5. The molecule has 2 atom stereocenters. The van der Waals surface area contributed by atoms with Gasteiger partial charge < -0.3 is 19.5 Å². The Morgan fingerprint density at radius 2 is 1.83 bits per heavy atom. The summed E-state index contributed by atoms with van der Waals surface area (Å²) in [6.45, 7) is 4.49. The molecule has 1 N–H and O–H groups in total. The fourth-order valence-electron chi connectivity index (χ4n) is 3.73. The van der Waals surface area contributed by atoms with Crippen LogP contribution in [0.5, 0.6) is 5.75 Å². The van der Waals surface area contributed by atoms with E-state index in [1.807, 2.05) is 48.5 Å². The normalized spacial score (nSPS) is 22.8. The van der Waals surface area contributed by atoms with Gasteiger partial charge in [0, 0.05) is 31.1 Å². The van der Waals surface area contributed by atoms with E-state index in [1.165, 1.54) is 11.8 Å². The Kier molecular flexibility index (Phi) is 6.40. The number of thioether (sulfide) groups is 1. The second-order valence-electron chi connectivity index (χ2n) is 7.17. The Balaban J connectivity index is 1.60. The summed E-state index contributed by atoms with van der Waals surface area (Å²) >= 11 is 1.53. The van der Waals surface area contributed by atoms with E-state index in [1.54, 1.807) is 12.0 Å². The monoisotopic (exact) mass is 414 g/mol. The van der Waals surface area contributed by atoms with Gasteiger partial charge in [0.2, 0.25) is 0 Å². The van der Waals surface area contributed by atoms with Crippen LogP contribution in [0.4, 0.5) is 5.69 Å². The van der Waals surface area contributed by atoms with E-state index in [4.69, 9.17) is 9.47 Å². The van der Waals surface area contributed by atoms with Crippen LogP contribution in [-0.4, -0.2) is 68.5 Å². The Morgan fingerprint density at radius 3 is 2.55 bits per heavy atom. The van der Waals surface area contributed by atoms with Crippen LogP contribution in [-0.2, 0) is 9.53 Å². The van der Waals surface area contributed by atoms with Crippen LogP contribution in [0.15, 0.2) is 53.4 Å². The molecule has 0 aromatic heterocycles. The number of anilines is 1. The molecule has 0 aliphatic carbocycles. The van der Waals surface area contributed by atoms with Crippen molar-refractivity contribution in [1.29, 1.82) is 0 Å². The topological polar surface area (TPSA) is 62.2 Å². The zero-order valence-corrected chi connectivity index (χ0v) is 17.3. The van der Waals surface area contributed by atoms with Gasteiger partial charge in [-0.3, -0.25) is 9.69 Å². The molecule has 0 bridgehead atoms. The molecule has 2 aliphatic heterocycles. The highest BCUT2D eigenvalue weighted by atomic mass is 32.2. The number of hydrogen-bond donors (Lipinski definition) is 1. The van der Waals surface area contributed by atoms with Gasteiger partial charge in [0.1, 0.15) is 11.9 Å². The summed E-state index contributed by atoms with van der Waals surface area (Å²) < 4.78 is 10.6. The van der Waals surface area contributed by atoms with Crippen LogP contribution in [0.1, 0.15) is 10.8 Å². The molecule has 2 aliphatic rings. The van der Waals surface area contributed by atoms with E-state index in [0.717, 1.165) is 54.7 Å². The van der Waals surface area contributed by atoms with Gasteiger partial charge in [-0.25, -0.2) is 0 Å². The molecule has 2 aromatic carbocycles. The molecule has 0 spiro atoms. The number of hydrogen-bond acceptors (Lipinski definition) is 6. The highest BCUT2D eigenvalue weighted by molar-refractivity contribution is 7.99. The van der Waals surface area contributed by atoms with E-state index in [2.05, 4.69) is 4.90 Å². The van der Waals surface area contributed by atoms with Crippen LogP contribution < -0.4 is 9.64 Å². The summed E-state index contributed by atoms with van der Waals surface area (Å²) in [5.41, 5.74) is 1.77. The maximum atomic E-state index is 13.3. The number of nitrogens with zero attached hydrogens (tertiary/aromatic N) is 2. The predicted molar refractivity (Wildman–Crippen MR) is 114 cm³/mol. The van der Waals surface area contributed by atoms with Crippen molar-refractivity contribution in [1.82, 2.24) is 4.90 Å². The second kappa shape index (κ2) is 9.17. The smallest absolute Gasteiger partial charge is 0.257 e. The van der Waals surface area contributed by atoms with Crippen molar-refractivity contribution in [3.8, 4) is 5.75 Å². The molecule has 1 amide bonds. The first kappa shape index (κ1) is 20.2. The number of para-hydroxylation sites is 1. The SMILES string of the molecule is COc1ccc([C@@H]2Sc3ccccc3N(CCN3CCOCC3)C(=O)[C@@H]2O)cc1. The van der Waals surface area contributed by atoms with Gasteiger partial charge in [0.05, 0.1) is 31.3 Å². The van der Waals surface area contributed by atoms with E-state index in [9.17, 15) is 9.90 Å². The largest absolute Gasteiger partial charge is 0.497 e. The lowest BCUT2D eigenvalue weighted by Gasteiger charge is -2.30. The van der Waals surface area contributed by atoms with Crippen molar-refractivity contribution in [3.63, 3.8) is 0 Å². The number of aliphatic hydroxyl groups is 1. The van der Waals surface area contributed by atoms with Crippen molar-refractivity contribution in [3.05, 3.63) is 54.1 Å². The molecule has 2 heterocycles. The van der Waals surface area contributed by atoms with Crippen LogP contribution in [0, 0.1) is 0 Å². The van der Waals surface area contributed by atoms with Crippen LogP contribution in [0.2, 0.25) is 0 Å². The zero-order chi connectivity index (χ0) is 20.2. The lowest BCUT2D eigenvalue weighted by molar-refractivity contribution is -0.126. The van der Waals surface area contributed by atoms with Crippen LogP contribution in [0.25, 0.3) is 0 Å². The minimum absolute atomic E-state index is 0.253. The maximum absolute atomic E-state index is 13.3. The molecular weight excluding hydrogens is 388 g/mol. The molecule has 4 rings (SSSR count). The molecule has 6 nitrogen and oxygen atoms in total. The summed E-state index contributed by atoms with van der Waals surface area (Å²) in [7, 11) is 1.62. The molecule has 0 unspecified atom stereocenters. The number of carbonyl (C=O) groups is 1. The number of rotatable bonds is 5. The summed E-state index contributed by atoms with van der Waals surface area (Å²) in [6, 6.07) is 15.4. The van der Waals surface area contributed by atoms with Crippen LogP contribution >= 0.6 is 11.8 Å². The molecule has 0 saturated carbocycles. The Bertz CT molecular complexity index is 839. The summed E-state index contributed by atoms with van der Waals surface area (Å²) in [4.78, 5) is 18.3. The van der Waals surface area contributed by atoms with Gasteiger partial charge in [0.25, 0.3) is 5.91 Å². The first-order valence-corrected chi connectivity index (χ1v) is 10.7. The second-order valence-corrected chi connectivity index (χ2v) is 8.35. The number of morpholine rings is 1. The molecular formula is C22H26N2O4S. The van der Waals surface area contributed by atoms with E-state index < -0.39 is 6.10 Å². The third-order valence-corrected chi connectivity index (χ3v) is 6.79. The molecule has 7 heteroatoms. The Labute approximate surface area is 175 Å². The van der Waals surface area contributed by atoms with Crippen molar-refractivity contribution in [2.75, 3.05) is 51.4 Å². The molecule has 154 valence electrons. The highest BCUT2D eigenvalue weighted by Gasteiger charge is 2.37. The molecule has 1 saturated heterocycles. The third-order valence-electron chi connectivity index (χ3n) is 5.40. The Hall–Kier alpha value is -2.06. The van der Waals surface area contributed by atoms with Gasteiger partial charge in [-0.05, 0) is 29.8 Å². The number of methoxy groups -OCH3 is 1. The van der Waals surface area contributed by atoms with E-state index in [0.29, 0.717) is 6.54 Å². The van der Waals surface area contributed by atoms with Gasteiger partial charge in [-0.1, -0.05) is 24.3 Å². The lowest BCUT2D eigenvalue weighted by Crippen LogP contribution is -2.46. The highest BCUT2D eigenvalue weighted by Crippen LogP contribution is 2.45. The minimum Gasteiger partial charge on any atom is -0.497 e. The maximum Gasteiger partial charge on any atom is 0.257 e. The van der Waals surface area contributed by atoms with E-state index >= 15 is 0 Å². The van der Waals surface area contributed by atoms with Crippen molar-refractivity contribution in [2.24, 2.45) is 0 Å². The van der Waals surface area contributed by atoms with Gasteiger partial charge in [-0.15, -0.1) is 11.8 Å². The van der Waals surface area contributed by atoms with Gasteiger partial charge in [0.15, 0.2) is 0 Å². The molecule has 0 radical (unpaired) electrons. The number of benzene rings is 2. The number of fused-ring (bicyclic) bond motifs is 1. The third kappa shape index (κ3) is 4.43. The summed E-state index contributed by atoms with van der Waals surface area (Å²) in [5.74, 6) is 0.497. The Morgan fingerprint density at radius 1 is 1.10 bits per heavy atom. The summed E-state index contributed by atoms with van der Waals surface area (Å²) in [5, 5.41) is 10.6. The minimum atomic E-state index is -1.12. The van der Waals surface area contributed by atoms with Crippen LogP contribution in [0.3, 0.4) is 0 Å². The fraction of sp³-hybridized carbons (Fsp3) is 0.409. The predicted octanol–water partition coefficient (Wildman–Crippen LogP) is 2.57. The van der Waals surface area contributed by atoms with Gasteiger partial charge >= 0.3 is 0 Å². The molecule has 2 aromatic rings. The van der Waals surface area contributed by atoms with Crippen molar-refractivity contribution in [2.45, 2.75) is 16.2 Å². The fourth-order valence-corrected chi connectivity index (χ4v) is 5.00.